The van der Waals surface area contributed by atoms with Crippen LogP contribution in [0.1, 0.15) is 25.5 Å². The van der Waals surface area contributed by atoms with E-state index in [4.69, 9.17) is 0 Å². The van der Waals surface area contributed by atoms with Crippen molar-refractivity contribution in [1.82, 2.24) is 15.5 Å². The molecule has 3 amide bonds. The highest BCUT2D eigenvalue weighted by atomic mass is 79.9. The molecule has 22 heavy (non-hydrogen) atoms. The molecule has 0 fully saturated rings. The Morgan fingerprint density at radius 3 is 2.59 bits per heavy atom. The van der Waals surface area contributed by atoms with Crippen LogP contribution < -0.4 is 10.6 Å². The summed E-state index contributed by atoms with van der Waals surface area (Å²) in [6.07, 6.45) is 0. The zero-order valence-electron chi connectivity index (χ0n) is 12.5. The number of nitrogens with zero attached hydrogens (tertiary/aromatic N) is 1. The van der Waals surface area contributed by atoms with Gasteiger partial charge in [-0.3, -0.25) is 4.79 Å². The molecule has 1 unspecified atom stereocenters. The second-order valence-corrected chi connectivity index (χ2v) is 6.97. The molecular weight excluding hydrogens is 346 g/mol. The van der Waals surface area contributed by atoms with Crippen LogP contribution in [0, 0.1) is 5.92 Å². The molecular formula is C16H18BrN3O2. The standard InChI is InChI=1S/C16H18BrN3O2/c1-9(2)7-20-8-12-13(15(20)21)14(19-16(22)18-12)10-3-5-11(17)6-4-10/h3-6,9,14H,7-8H2,1-2H3,(H2,18,19,22). The number of carbonyl (C=O) groups is 2. The summed E-state index contributed by atoms with van der Waals surface area (Å²) in [4.78, 5) is 26.4. The van der Waals surface area contributed by atoms with Gasteiger partial charge in [0.1, 0.15) is 0 Å². The molecule has 6 heteroatoms. The fourth-order valence-electron chi connectivity index (χ4n) is 2.92. The summed E-state index contributed by atoms with van der Waals surface area (Å²) in [5.41, 5.74) is 2.29. The number of rotatable bonds is 3. The lowest BCUT2D eigenvalue weighted by molar-refractivity contribution is -0.126. The quantitative estimate of drug-likeness (QED) is 0.866. The number of nitrogens with one attached hydrogen (secondary N) is 2. The number of hydrogen-bond acceptors (Lipinski definition) is 2. The Balaban J connectivity index is 1.94. The van der Waals surface area contributed by atoms with E-state index in [0.29, 0.717) is 24.6 Å². The van der Waals surface area contributed by atoms with Gasteiger partial charge in [-0.2, -0.15) is 0 Å². The molecule has 2 N–H and O–H groups in total. The Morgan fingerprint density at radius 1 is 1.27 bits per heavy atom. The number of urea groups is 1. The summed E-state index contributed by atoms with van der Waals surface area (Å²) in [6, 6.07) is 7.02. The summed E-state index contributed by atoms with van der Waals surface area (Å²) in [6.45, 7) is 5.32. The van der Waals surface area contributed by atoms with Crippen LogP contribution in [0.3, 0.4) is 0 Å². The molecule has 2 heterocycles. The van der Waals surface area contributed by atoms with E-state index in [1.165, 1.54) is 0 Å². The predicted molar refractivity (Wildman–Crippen MR) is 87.0 cm³/mol. The average Bonchev–Trinajstić information content (AvgIpc) is 2.74. The third kappa shape index (κ3) is 2.75. The highest BCUT2D eigenvalue weighted by Gasteiger charge is 2.40. The summed E-state index contributed by atoms with van der Waals surface area (Å²) < 4.78 is 0.963. The lowest BCUT2D eigenvalue weighted by Gasteiger charge is -2.25. The van der Waals surface area contributed by atoms with Crippen molar-refractivity contribution in [2.75, 3.05) is 13.1 Å². The van der Waals surface area contributed by atoms with Gasteiger partial charge in [-0.1, -0.05) is 41.9 Å². The first-order valence-electron chi connectivity index (χ1n) is 7.31. The highest BCUT2D eigenvalue weighted by Crippen LogP contribution is 2.33. The maximum atomic E-state index is 12.7. The molecule has 1 aromatic rings. The van der Waals surface area contributed by atoms with Crippen molar-refractivity contribution in [3.63, 3.8) is 0 Å². The first kappa shape index (κ1) is 15.1. The lowest BCUT2D eigenvalue weighted by atomic mass is 9.96. The van der Waals surface area contributed by atoms with Crippen LogP contribution in [0.15, 0.2) is 40.0 Å². The second kappa shape index (κ2) is 5.76. The molecule has 0 saturated heterocycles. The van der Waals surface area contributed by atoms with Crippen LogP contribution in [0.25, 0.3) is 0 Å². The van der Waals surface area contributed by atoms with Crippen molar-refractivity contribution in [2.45, 2.75) is 19.9 Å². The summed E-state index contributed by atoms with van der Waals surface area (Å²) in [5, 5.41) is 5.64. The lowest BCUT2D eigenvalue weighted by Crippen LogP contribution is -2.44. The minimum Gasteiger partial charge on any atom is -0.333 e. The number of benzene rings is 1. The number of halogens is 1. The Labute approximate surface area is 137 Å². The van der Waals surface area contributed by atoms with E-state index in [-0.39, 0.29) is 18.0 Å². The molecule has 5 nitrogen and oxygen atoms in total. The van der Waals surface area contributed by atoms with Gasteiger partial charge >= 0.3 is 6.03 Å². The Bertz CT molecular complexity index is 652. The van der Waals surface area contributed by atoms with E-state index in [2.05, 4.69) is 40.4 Å². The first-order chi connectivity index (χ1) is 10.5. The molecule has 0 spiro atoms. The topological polar surface area (TPSA) is 61.4 Å². The van der Waals surface area contributed by atoms with Crippen molar-refractivity contribution >= 4 is 27.9 Å². The van der Waals surface area contributed by atoms with E-state index in [9.17, 15) is 9.59 Å². The maximum absolute atomic E-state index is 12.7. The van der Waals surface area contributed by atoms with Gasteiger partial charge in [0.2, 0.25) is 0 Å². The zero-order chi connectivity index (χ0) is 15.9. The molecule has 2 aliphatic rings. The maximum Gasteiger partial charge on any atom is 0.319 e. The largest absolute Gasteiger partial charge is 0.333 e. The van der Waals surface area contributed by atoms with Crippen LogP contribution >= 0.6 is 15.9 Å². The van der Waals surface area contributed by atoms with Gasteiger partial charge in [-0.25, -0.2) is 4.79 Å². The number of hydrogen-bond donors (Lipinski definition) is 2. The Kier molecular flexibility index (Phi) is 3.95. The van der Waals surface area contributed by atoms with Crippen molar-refractivity contribution in [3.05, 3.63) is 45.6 Å². The van der Waals surface area contributed by atoms with Gasteiger partial charge in [-0.15, -0.1) is 0 Å². The molecule has 1 aromatic carbocycles. The minimum atomic E-state index is -0.387. The van der Waals surface area contributed by atoms with E-state index in [1.54, 1.807) is 4.90 Å². The van der Waals surface area contributed by atoms with E-state index >= 15 is 0 Å². The number of carbonyl (C=O) groups excluding carboxylic acids is 2. The fourth-order valence-corrected chi connectivity index (χ4v) is 3.19. The van der Waals surface area contributed by atoms with Crippen LogP contribution in [0.5, 0.6) is 0 Å². The van der Waals surface area contributed by atoms with E-state index < -0.39 is 0 Å². The molecule has 0 aromatic heterocycles. The SMILES string of the molecule is CC(C)CN1CC2=C(C1=O)C(c1ccc(Br)cc1)NC(=O)N2. The van der Waals surface area contributed by atoms with E-state index in [1.807, 2.05) is 24.3 Å². The zero-order valence-corrected chi connectivity index (χ0v) is 14.1. The van der Waals surface area contributed by atoms with Crippen molar-refractivity contribution in [3.8, 4) is 0 Å². The Hall–Kier alpha value is -1.82. The smallest absolute Gasteiger partial charge is 0.319 e. The van der Waals surface area contributed by atoms with Crippen molar-refractivity contribution in [1.29, 1.82) is 0 Å². The second-order valence-electron chi connectivity index (χ2n) is 6.05. The number of amides is 3. The van der Waals surface area contributed by atoms with Gasteiger partial charge in [0.15, 0.2) is 0 Å². The highest BCUT2D eigenvalue weighted by molar-refractivity contribution is 9.10. The molecule has 2 aliphatic heterocycles. The van der Waals surface area contributed by atoms with Crippen LogP contribution in [-0.2, 0) is 4.79 Å². The van der Waals surface area contributed by atoms with Crippen LogP contribution in [0.2, 0.25) is 0 Å². The first-order valence-corrected chi connectivity index (χ1v) is 8.10. The summed E-state index contributed by atoms with van der Waals surface area (Å²) in [7, 11) is 0. The third-order valence-corrected chi connectivity index (χ3v) is 4.34. The molecule has 1 atom stereocenters. The van der Waals surface area contributed by atoms with Gasteiger partial charge in [0, 0.05) is 11.0 Å². The normalized spacial score (nSPS) is 21.1. The van der Waals surface area contributed by atoms with E-state index in [0.717, 1.165) is 15.7 Å². The molecule has 0 aliphatic carbocycles. The average molecular weight is 364 g/mol. The molecule has 0 bridgehead atoms. The monoisotopic (exact) mass is 363 g/mol. The molecule has 0 radical (unpaired) electrons. The van der Waals surface area contributed by atoms with Gasteiger partial charge in [-0.05, 0) is 23.6 Å². The fraction of sp³-hybridized carbons (Fsp3) is 0.375. The molecule has 116 valence electrons. The van der Waals surface area contributed by atoms with Gasteiger partial charge in [0.05, 0.1) is 23.9 Å². The Morgan fingerprint density at radius 2 is 1.95 bits per heavy atom. The summed E-state index contributed by atoms with van der Waals surface area (Å²) >= 11 is 3.40. The molecule has 0 saturated carbocycles. The predicted octanol–water partition coefficient (Wildman–Crippen LogP) is 2.56. The molecule has 3 rings (SSSR count). The van der Waals surface area contributed by atoms with Gasteiger partial charge < -0.3 is 15.5 Å². The van der Waals surface area contributed by atoms with Gasteiger partial charge in [0.25, 0.3) is 5.91 Å². The van der Waals surface area contributed by atoms with Crippen molar-refractivity contribution < 1.29 is 9.59 Å². The summed E-state index contributed by atoms with van der Waals surface area (Å²) in [5.74, 6) is 0.393. The van der Waals surface area contributed by atoms with Crippen LogP contribution in [-0.4, -0.2) is 29.9 Å². The minimum absolute atomic E-state index is 0.00381. The van der Waals surface area contributed by atoms with Crippen molar-refractivity contribution in [2.24, 2.45) is 5.92 Å². The van der Waals surface area contributed by atoms with Crippen LogP contribution in [0.4, 0.5) is 4.79 Å². The third-order valence-electron chi connectivity index (χ3n) is 3.81.